The number of carbonyl (C=O) groups is 1. The molecule has 0 saturated carbocycles. The number of aromatic nitrogens is 2. The van der Waals surface area contributed by atoms with Gasteiger partial charge in [-0.25, -0.2) is 4.98 Å². The first-order valence-electron chi connectivity index (χ1n) is 8.59. The van der Waals surface area contributed by atoms with Gasteiger partial charge in [-0.2, -0.15) is 5.26 Å². The highest BCUT2D eigenvalue weighted by Gasteiger charge is 2.32. The van der Waals surface area contributed by atoms with Gasteiger partial charge in [0, 0.05) is 0 Å². The minimum Gasteiger partial charge on any atom is -0.336 e. The van der Waals surface area contributed by atoms with Crippen LogP contribution in [0.5, 0.6) is 0 Å². The Labute approximate surface area is 153 Å². The predicted molar refractivity (Wildman–Crippen MR) is 100 cm³/mol. The lowest BCUT2D eigenvalue weighted by atomic mass is 9.90. The van der Waals surface area contributed by atoms with E-state index in [9.17, 15) is 14.9 Å². The Balaban J connectivity index is 2.14. The lowest BCUT2D eigenvalue weighted by molar-refractivity contribution is -0.127. The van der Waals surface area contributed by atoms with Crippen LogP contribution in [0, 0.1) is 17.2 Å². The van der Waals surface area contributed by atoms with Crippen LogP contribution in [0.2, 0.25) is 0 Å². The molecule has 1 heterocycles. The Kier molecular flexibility index (Phi) is 5.78. The summed E-state index contributed by atoms with van der Waals surface area (Å²) < 4.78 is 0. The molecule has 0 saturated heterocycles. The molecule has 0 aliphatic heterocycles. The fraction of sp³-hybridized carbons (Fsp3) is 0.474. The van der Waals surface area contributed by atoms with Crippen molar-refractivity contribution in [2.24, 2.45) is 5.92 Å². The molecule has 2 aromatic rings. The van der Waals surface area contributed by atoms with Crippen molar-refractivity contribution in [1.82, 2.24) is 20.2 Å². The van der Waals surface area contributed by atoms with Crippen LogP contribution in [-0.2, 0) is 11.3 Å². The van der Waals surface area contributed by atoms with E-state index in [0.29, 0.717) is 23.3 Å². The molecule has 0 radical (unpaired) electrons. The molecule has 138 valence electrons. The van der Waals surface area contributed by atoms with E-state index in [4.69, 9.17) is 0 Å². The first-order chi connectivity index (χ1) is 12.2. The number of likely N-dealkylation sites (N-methyl/N-ethyl adjacent to an activating group) is 1. The number of para-hydroxylation sites is 1. The van der Waals surface area contributed by atoms with Crippen molar-refractivity contribution in [3.8, 4) is 6.07 Å². The maximum atomic E-state index is 12.5. The van der Waals surface area contributed by atoms with Crippen molar-refractivity contribution < 1.29 is 4.79 Å². The zero-order valence-electron chi connectivity index (χ0n) is 15.8. The number of hydrogen-bond acceptors (Lipinski definition) is 5. The number of rotatable bonds is 6. The Morgan fingerprint density at radius 1 is 1.38 bits per heavy atom. The van der Waals surface area contributed by atoms with E-state index < -0.39 is 11.6 Å². The van der Waals surface area contributed by atoms with Crippen LogP contribution >= 0.6 is 0 Å². The van der Waals surface area contributed by atoms with Gasteiger partial charge in [0.05, 0.1) is 29.6 Å². The Morgan fingerprint density at radius 2 is 2.04 bits per heavy atom. The average molecular weight is 355 g/mol. The molecule has 0 bridgehead atoms. The molecule has 2 rings (SSSR count). The highest BCUT2D eigenvalue weighted by atomic mass is 16.2. The molecule has 0 spiro atoms. The van der Waals surface area contributed by atoms with Crippen LogP contribution < -0.4 is 10.9 Å². The number of aromatic amines is 1. The number of H-pyrrole nitrogens is 1. The first-order valence-corrected chi connectivity index (χ1v) is 8.59. The van der Waals surface area contributed by atoms with Gasteiger partial charge >= 0.3 is 0 Å². The second-order valence-electron chi connectivity index (χ2n) is 7.08. The number of fused-ring (bicyclic) bond motifs is 1. The van der Waals surface area contributed by atoms with E-state index in [2.05, 4.69) is 21.4 Å². The zero-order valence-corrected chi connectivity index (χ0v) is 15.8. The van der Waals surface area contributed by atoms with Gasteiger partial charge in [-0.3, -0.25) is 14.5 Å². The van der Waals surface area contributed by atoms with Crippen molar-refractivity contribution in [3.63, 3.8) is 0 Å². The van der Waals surface area contributed by atoms with Crippen molar-refractivity contribution in [2.75, 3.05) is 7.05 Å². The molecular weight excluding hydrogens is 330 g/mol. The summed E-state index contributed by atoms with van der Waals surface area (Å²) in [5.41, 5.74) is -0.511. The summed E-state index contributed by atoms with van der Waals surface area (Å²) in [5.74, 6) is 0.226. The minimum absolute atomic E-state index is 0.0209. The smallest absolute Gasteiger partial charge is 0.258 e. The molecule has 0 fully saturated rings. The van der Waals surface area contributed by atoms with Crippen molar-refractivity contribution in [2.45, 2.75) is 45.8 Å². The second-order valence-corrected chi connectivity index (χ2v) is 7.08. The maximum absolute atomic E-state index is 12.5. The number of nitriles is 1. The Bertz CT molecular complexity index is 899. The highest BCUT2D eigenvalue weighted by molar-refractivity contribution is 5.82. The van der Waals surface area contributed by atoms with E-state index in [-0.39, 0.29) is 17.4 Å². The van der Waals surface area contributed by atoms with Crippen molar-refractivity contribution in [1.29, 1.82) is 5.26 Å². The zero-order chi connectivity index (χ0) is 19.5. The summed E-state index contributed by atoms with van der Waals surface area (Å²) in [4.78, 5) is 33.7. The largest absolute Gasteiger partial charge is 0.336 e. The molecule has 2 atom stereocenters. The number of nitrogens with zero attached hydrogens (tertiary/aromatic N) is 3. The standard InChI is InChI=1S/C19H25N5O2/c1-12(2)19(4,11-20)23-17(25)13(3)24(5)10-16-21-15-9-7-6-8-14(15)18(26)22-16/h6-9,12-13H,10H2,1-5H3,(H,23,25)(H,21,22,26). The number of nitrogens with one attached hydrogen (secondary N) is 2. The molecule has 1 aromatic heterocycles. The number of carbonyl (C=O) groups excluding carboxylic acids is 1. The summed E-state index contributed by atoms with van der Waals surface area (Å²) >= 11 is 0. The van der Waals surface area contributed by atoms with Crippen LogP contribution in [0.3, 0.4) is 0 Å². The molecule has 2 N–H and O–H groups in total. The van der Waals surface area contributed by atoms with E-state index >= 15 is 0 Å². The normalized spacial score (nSPS) is 14.8. The third-order valence-corrected chi connectivity index (χ3v) is 4.87. The molecule has 26 heavy (non-hydrogen) atoms. The monoisotopic (exact) mass is 355 g/mol. The lowest BCUT2D eigenvalue weighted by Crippen LogP contribution is -2.54. The van der Waals surface area contributed by atoms with Crippen LogP contribution in [0.15, 0.2) is 29.1 Å². The van der Waals surface area contributed by atoms with Gasteiger partial charge in [0.2, 0.25) is 5.91 Å². The Hall–Kier alpha value is -2.72. The molecule has 1 amide bonds. The number of benzene rings is 1. The third kappa shape index (κ3) is 4.09. The van der Waals surface area contributed by atoms with Crippen LogP contribution in [0.4, 0.5) is 0 Å². The van der Waals surface area contributed by atoms with Crippen molar-refractivity contribution >= 4 is 16.8 Å². The molecule has 0 aliphatic carbocycles. The van der Waals surface area contributed by atoms with E-state index in [1.165, 1.54) is 0 Å². The average Bonchev–Trinajstić information content (AvgIpc) is 2.60. The predicted octanol–water partition coefficient (Wildman–Crippen LogP) is 1.80. The summed E-state index contributed by atoms with van der Waals surface area (Å²) in [6, 6.07) is 8.80. The topological polar surface area (TPSA) is 102 Å². The van der Waals surface area contributed by atoms with E-state index in [1.807, 2.05) is 19.9 Å². The first kappa shape index (κ1) is 19.6. The lowest BCUT2D eigenvalue weighted by Gasteiger charge is -2.31. The quantitative estimate of drug-likeness (QED) is 0.823. The molecular formula is C19H25N5O2. The molecule has 7 nitrogen and oxygen atoms in total. The summed E-state index contributed by atoms with van der Waals surface area (Å²) in [6.45, 7) is 7.56. The van der Waals surface area contributed by atoms with Gasteiger partial charge in [-0.1, -0.05) is 26.0 Å². The van der Waals surface area contributed by atoms with Gasteiger partial charge in [0.1, 0.15) is 11.4 Å². The van der Waals surface area contributed by atoms with Gasteiger partial charge < -0.3 is 10.3 Å². The number of amides is 1. The fourth-order valence-electron chi connectivity index (χ4n) is 2.44. The van der Waals surface area contributed by atoms with Crippen LogP contribution in [0.25, 0.3) is 10.9 Å². The summed E-state index contributed by atoms with van der Waals surface area (Å²) in [6.07, 6.45) is 0. The minimum atomic E-state index is -0.929. The third-order valence-electron chi connectivity index (χ3n) is 4.87. The van der Waals surface area contributed by atoms with Gasteiger partial charge in [-0.05, 0) is 38.9 Å². The SMILES string of the molecule is CC(C(=O)NC(C)(C#N)C(C)C)N(C)Cc1nc2ccccc2c(=O)[nH]1. The van der Waals surface area contributed by atoms with Crippen molar-refractivity contribution in [3.05, 3.63) is 40.4 Å². The van der Waals surface area contributed by atoms with E-state index in [1.54, 1.807) is 44.0 Å². The second kappa shape index (κ2) is 7.67. The van der Waals surface area contributed by atoms with Gasteiger partial charge in [0.25, 0.3) is 5.56 Å². The van der Waals surface area contributed by atoms with Gasteiger partial charge in [0.15, 0.2) is 0 Å². The maximum Gasteiger partial charge on any atom is 0.258 e. The van der Waals surface area contributed by atoms with Crippen LogP contribution in [-0.4, -0.2) is 39.4 Å². The van der Waals surface area contributed by atoms with E-state index in [0.717, 1.165) is 0 Å². The molecule has 7 heteroatoms. The summed E-state index contributed by atoms with van der Waals surface area (Å²) in [7, 11) is 1.78. The fourth-order valence-corrected chi connectivity index (χ4v) is 2.44. The molecule has 2 unspecified atom stereocenters. The summed E-state index contributed by atoms with van der Waals surface area (Å²) in [5, 5.41) is 12.7. The van der Waals surface area contributed by atoms with Gasteiger partial charge in [-0.15, -0.1) is 0 Å². The van der Waals surface area contributed by atoms with Crippen LogP contribution in [0.1, 0.15) is 33.5 Å². The molecule has 0 aliphatic rings. The Morgan fingerprint density at radius 3 is 2.65 bits per heavy atom. The highest BCUT2D eigenvalue weighted by Crippen LogP contribution is 2.16. The number of hydrogen-bond donors (Lipinski definition) is 2. The molecule has 1 aromatic carbocycles.